The van der Waals surface area contributed by atoms with Crippen molar-refractivity contribution in [3.63, 3.8) is 0 Å². The van der Waals surface area contributed by atoms with Crippen LogP contribution in [0.4, 0.5) is 0 Å². The smallest absolute Gasteiger partial charge is 0.0587 e. The van der Waals surface area contributed by atoms with Gasteiger partial charge in [0.2, 0.25) is 0 Å². The average molecular weight is 284 g/mol. The Morgan fingerprint density at radius 2 is 2.15 bits per heavy atom. The molecule has 20 heavy (non-hydrogen) atoms. The molecule has 120 valence electrons. The van der Waals surface area contributed by atoms with Crippen molar-refractivity contribution in [2.75, 3.05) is 39.9 Å². The van der Waals surface area contributed by atoms with Gasteiger partial charge in [0.25, 0.3) is 0 Å². The lowest BCUT2D eigenvalue weighted by atomic mass is 9.69. The van der Waals surface area contributed by atoms with Gasteiger partial charge in [-0.05, 0) is 44.6 Å². The lowest BCUT2D eigenvalue weighted by molar-refractivity contribution is 0.0660. The second-order valence-electron chi connectivity index (χ2n) is 7.03. The second kappa shape index (κ2) is 9.01. The molecule has 0 spiro atoms. The average Bonchev–Trinajstić information content (AvgIpc) is 2.41. The summed E-state index contributed by atoms with van der Waals surface area (Å²) in [4.78, 5) is 2.63. The summed E-state index contributed by atoms with van der Waals surface area (Å²) in [5, 5.41) is 3.63. The topological polar surface area (TPSA) is 24.5 Å². The molecule has 0 amide bonds. The van der Waals surface area contributed by atoms with Crippen molar-refractivity contribution in [3.8, 4) is 0 Å². The van der Waals surface area contributed by atoms with E-state index in [2.05, 4.69) is 37.9 Å². The van der Waals surface area contributed by atoms with E-state index in [1.807, 2.05) is 0 Å². The van der Waals surface area contributed by atoms with Gasteiger partial charge in [0.15, 0.2) is 0 Å². The zero-order valence-electron chi connectivity index (χ0n) is 14.4. The molecular weight excluding hydrogens is 248 g/mol. The summed E-state index contributed by atoms with van der Waals surface area (Å²) in [7, 11) is 1.78. The molecule has 1 aliphatic rings. The molecule has 0 bridgehead atoms. The standard InChI is InChI=1S/C17H36N2O/c1-6-19(15(2)3)14-17(13-18-10-11-20-5)9-7-8-16(4)12-17/h15-16,18H,6-14H2,1-5H3. The zero-order valence-corrected chi connectivity index (χ0v) is 14.4. The van der Waals surface area contributed by atoms with E-state index in [0.717, 1.165) is 32.2 Å². The minimum Gasteiger partial charge on any atom is -0.383 e. The van der Waals surface area contributed by atoms with E-state index in [1.54, 1.807) is 7.11 Å². The van der Waals surface area contributed by atoms with Crippen molar-refractivity contribution < 1.29 is 4.74 Å². The number of hydrogen-bond acceptors (Lipinski definition) is 3. The lowest BCUT2D eigenvalue weighted by Crippen LogP contribution is -2.48. The Bertz CT molecular complexity index is 257. The van der Waals surface area contributed by atoms with Gasteiger partial charge in [-0.1, -0.05) is 26.7 Å². The monoisotopic (exact) mass is 284 g/mol. The molecule has 0 heterocycles. The maximum Gasteiger partial charge on any atom is 0.0587 e. The Morgan fingerprint density at radius 1 is 1.40 bits per heavy atom. The van der Waals surface area contributed by atoms with Crippen LogP contribution >= 0.6 is 0 Å². The van der Waals surface area contributed by atoms with Gasteiger partial charge >= 0.3 is 0 Å². The second-order valence-corrected chi connectivity index (χ2v) is 7.03. The molecule has 0 radical (unpaired) electrons. The fraction of sp³-hybridized carbons (Fsp3) is 1.00. The number of ether oxygens (including phenoxy) is 1. The van der Waals surface area contributed by atoms with Gasteiger partial charge in [-0.25, -0.2) is 0 Å². The molecule has 3 nitrogen and oxygen atoms in total. The summed E-state index contributed by atoms with van der Waals surface area (Å²) in [6, 6.07) is 0.646. The molecule has 0 aromatic carbocycles. The normalized spacial score (nSPS) is 27.4. The van der Waals surface area contributed by atoms with Crippen molar-refractivity contribution in [1.82, 2.24) is 10.2 Å². The number of methoxy groups -OCH3 is 1. The van der Waals surface area contributed by atoms with Crippen LogP contribution in [0.1, 0.15) is 53.4 Å². The van der Waals surface area contributed by atoms with Crippen LogP contribution < -0.4 is 5.32 Å². The van der Waals surface area contributed by atoms with E-state index < -0.39 is 0 Å². The maximum atomic E-state index is 5.15. The lowest BCUT2D eigenvalue weighted by Gasteiger charge is -2.44. The van der Waals surface area contributed by atoms with Crippen LogP contribution in [-0.4, -0.2) is 50.8 Å². The molecule has 1 N–H and O–H groups in total. The van der Waals surface area contributed by atoms with E-state index in [4.69, 9.17) is 4.74 Å². The molecule has 3 heteroatoms. The predicted octanol–water partition coefficient (Wildman–Crippen LogP) is 3.15. The molecule has 0 saturated heterocycles. The van der Waals surface area contributed by atoms with Crippen LogP contribution in [-0.2, 0) is 4.74 Å². The Morgan fingerprint density at radius 3 is 2.70 bits per heavy atom. The van der Waals surface area contributed by atoms with Crippen LogP contribution in [0.15, 0.2) is 0 Å². The Hall–Kier alpha value is -0.120. The van der Waals surface area contributed by atoms with Gasteiger partial charge in [-0.2, -0.15) is 0 Å². The highest BCUT2D eigenvalue weighted by Gasteiger charge is 2.36. The number of rotatable bonds is 9. The summed E-state index contributed by atoms with van der Waals surface area (Å²) >= 11 is 0. The maximum absolute atomic E-state index is 5.15. The van der Waals surface area contributed by atoms with E-state index in [9.17, 15) is 0 Å². The quantitative estimate of drug-likeness (QED) is 0.658. The highest BCUT2D eigenvalue weighted by molar-refractivity contribution is 4.90. The summed E-state index contributed by atoms with van der Waals surface area (Å²) in [6.45, 7) is 14.7. The van der Waals surface area contributed by atoms with Crippen molar-refractivity contribution >= 4 is 0 Å². The Balaban J connectivity index is 2.62. The molecule has 0 aromatic heterocycles. The minimum absolute atomic E-state index is 0.464. The van der Waals surface area contributed by atoms with Crippen molar-refractivity contribution in [2.45, 2.75) is 59.4 Å². The summed E-state index contributed by atoms with van der Waals surface area (Å²) in [5.74, 6) is 0.874. The van der Waals surface area contributed by atoms with Gasteiger partial charge in [0, 0.05) is 32.8 Å². The van der Waals surface area contributed by atoms with E-state index in [0.29, 0.717) is 11.5 Å². The first-order chi connectivity index (χ1) is 9.53. The largest absolute Gasteiger partial charge is 0.383 e. The number of nitrogens with one attached hydrogen (secondary N) is 1. The SMILES string of the molecule is CCN(CC1(CNCCOC)CCCC(C)C1)C(C)C. The Labute approximate surface area is 126 Å². The third-order valence-corrected chi connectivity index (χ3v) is 4.84. The van der Waals surface area contributed by atoms with Gasteiger partial charge in [-0.15, -0.1) is 0 Å². The van der Waals surface area contributed by atoms with Crippen LogP contribution in [0.25, 0.3) is 0 Å². The van der Waals surface area contributed by atoms with Crippen molar-refractivity contribution in [1.29, 1.82) is 0 Å². The number of hydrogen-bond donors (Lipinski definition) is 1. The first kappa shape index (κ1) is 17.9. The molecule has 0 aromatic rings. The molecule has 1 fully saturated rings. The number of nitrogens with zero attached hydrogens (tertiary/aromatic N) is 1. The van der Waals surface area contributed by atoms with Crippen LogP contribution in [0.2, 0.25) is 0 Å². The van der Waals surface area contributed by atoms with E-state index in [-0.39, 0.29) is 0 Å². The molecule has 2 atom stereocenters. The van der Waals surface area contributed by atoms with Gasteiger partial charge in [0.1, 0.15) is 0 Å². The highest BCUT2D eigenvalue weighted by Crippen LogP contribution is 2.39. The molecule has 1 aliphatic carbocycles. The fourth-order valence-corrected chi connectivity index (χ4v) is 3.75. The van der Waals surface area contributed by atoms with E-state index >= 15 is 0 Å². The molecule has 0 aliphatic heterocycles. The van der Waals surface area contributed by atoms with Gasteiger partial charge < -0.3 is 15.0 Å². The van der Waals surface area contributed by atoms with Crippen molar-refractivity contribution in [3.05, 3.63) is 0 Å². The van der Waals surface area contributed by atoms with E-state index in [1.165, 1.54) is 32.2 Å². The van der Waals surface area contributed by atoms with Gasteiger partial charge in [-0.3, -0.25) is 0 Å². The summed E-state index contributed by atoms with van der Waals surface area (Å²) in [6.07, 6.45) is 5.55. The first-order valence-electron chi connectivity index (χ1n) is 8.46. The minimum atomic E-state index is 0.464. The highest BCUT2D eigenvalue weighted by atomic mass is 16.5. The predicted molar refractivity (Wildman–Crippen MR) is 87.2 cm³/mol. The summed E-state index contributed by atoms with van der Waals surface area (Å²) in [5.41, 5.74) is 0.464. The summed E-state index contributed by atoms with van der Waals surface area (Å²) < 4.78 is 5.15. The molecule has 2 unspecified atom stereocenters. The third kappa shape index (κ3) is 5.71. The first-order valence-corrected chi connectivity index (χ1v) is 8.46. The Kier molecular flexibility index (Phi) is 8.08. The molecule has 1 saturated carbocycles. The van der Waals surface area contributed by atoms with Crippen LogP contribution in [0.5, 0.6) is 0 Å². The van der Waals surface area contributed by atoms with Crippen LogP contribution in [0, 0.1) is 11.3 Å². The van der Waals surface area contributed by atoms with Gasteiger partial charge in [0.05, 0.1) is 6.61 Å². The molecule has 1 rings (SSSR count). The zero-order chi connectivity index (χ0) is 15.0. The van der Waals surface area contributed by atoms with Crippen LogP contribution in [0.3, 0.4) is 0 Å². The third-order valence-electron chi connectivity index (χ3n) is 4.84. The fourth-order valence-electron chi connectivity index (χ4n) is 3.75. The van der Waals surface area contributed by atoms with Crippen molar-refractivity contribution in [2.24, 2.45) is 11.3 Å². The molecular formula is C17H36N2O.